The lowest BCUT2D eigenvalue weighted by molar-refractivity contribution is -0.150. The first-order valence-corrected chi connectivity index (χ1v) is 14.1. The number of carboxylic acids is 1. The van der Waals surface area contributed by atoms with Gasteiger partial charge in [-0.05, 0) is 42.0 Å². The number of carbonyl (C=O) groups excluding carboxylic acids is 2. The van der Waals surface area contributed by atoms with Crippen molar-refractivity contribution < 1.29 is 24.3 Å². The number of nitrogen functional groups attached to an aromatic ring is 1. The number of nitrogens with one attached hydrogen (secondary N) is 1. The molecule has 2 amide bonds. The molecule has 4 heterocycles. The Bertz CT molecular complexity index is 1370. The number of nitrogens with two attached hydrogens (primary N) is 1. The van der Waals surface area contributed by atoms with Gasteiger partial charge in [0.05, 0.1) is 0 Å². The summed E-state index contributed by atoms with van der Waals surface area (Å²) < 4.78 is 4.05. The van der Waals surface area contributed by atoms with Crippen molar-refractivity contribution in [1.82, 2.24) is 24.6 Å². The summed E-state index contributed by atoms with van der Waals surface area (Å²) in [6, 6.07) is 2.72. The molecule has 2 aromatic heterocycles. The molecule has 0 radical (unpaired) electrons. The van der Waals surface area contributed by atoms with Crippen LogP contribution in [0.4, 0.5) is 5.13 Å². The van der Waals surface area contributed by atoms with E-state index in [1.165, 1.54) is 28.4 Å². The Morgan fingerprint density at radius 3 is 2.95 bits per heavy atom. The van der Waals surface area contributed by atoms with E-state index in [1.807, 2.05) is 24.3 Å². The standard InChI is InChI=1S/C23H21N7O5S3/c24-23-27-18(29-38-23)15(28-35-13-5-1-2-6-13)19(31)26-16-20(32)30-17(22(33)34)14(11-37-21(16)30)36-9-7-12-4-3-8-25-10-12/h1,3-5,7-10,13,16,21H,2,6,11H2,(H,26,31)(H,33,34)(H2,24,27,29)/b9-7-,28-15+/t13?,16?,21-/m1/s1. The number of oxime groups is 1. The van der Waals surface area contributed by atoms with Crippen molar-refractivity contribution in [1.29, 1.82) is 0 Å². The SMILES string of the molecule is Nc1nc(/C(=N\OC2C=CCC2)C(=O)NC2C(=O)N3C(C(=O)O)=C(S/C=C\c4cccnc4)CS[C@H]23)ns1. The maximum atomic E-state index is 13.2. The van der Waals surface area contributed by atoms with E-state index >= 15 is 0 Å². The normalized spacial score (nSPS) is 22.9. The number of hydrogen-bond donors (Lipinski definition) is 3. The van der Waals surface area contributed by atoms with Gasteiger partial charge in [-0.2, -0.15) is 9.36 Å². The average Bonchev–Trinajstić information content (AvgIpc) is 3.59. The highest BCUT2D eigenvalue weighted by Gasteiger charge is 2.54. The molecule has 2 aliphatic heterocycles. The number of amides is 2. The van der Waals surface area contributed by atoms with Crippen molar-refractivity contribution >= 4 is 69.8 Å². The number of nitrogens with zero attached hydrogens (tertiary/aromatic N) is 5. The van der Waals surface area contributed by atoms with Gasteiger partial charge in [-0.25, -0.2) is 4.79 Å². The Morgan fingerprint density at radius 1 is 1.39 bits per heavy atom. The van der Waals surface area contributed by atoms with Crippen LogP contribution >= 0.6 is 35.1 Å². The Kier molecular flexibility index (Phi) is 7.76. The quantitative estimate of drug-likeness (QED) is 0.174. The van der Waals surface area contributed by atoms with Gasteiger partial charge in [0.1, 0.15) is 23.2 Å². The first-order valence-electron chi connectivity index (χ1n) is 11.4. The number of β-lactam (4-membered cyclic amide) rings is 1. The second-order valence-corrected chi connectivity index (χ2v) is 11.1. The second-order valence-electron chi connectivity index (χ2n) is 8.19. The molecular weight excluding hydrogens is 550 g/mol. The maximum absolute atomic E-state index is 13.2. The lowest BCUT2D eigenvalue weighted by Crippen LogP contribution is -2.71. The number of hydrogen-bond acceptors (Lipinski definition) is 12. The van der Waals surface area contributed by atoms with Gasteiger partial charge in [0, 0.05) is 34.6 Å². The van der Waals surface area contributed by atoms with E-state index in [0.717, 1.165) is 29.9 Å². The van der Waals surface area contributed by atoms with E-state index in [9.17, 15) is 19.5 Å². The molecule has 1 aliphatic carbocycles. The minimum Gasteiger partial charge on any atom is -0.477 e. The van der Waals surface area contributed by atoms with Crippen molar-refractivity contribution in [2.75, 3.05) is 11.5 Å². The fourth-order valence-corrected chi connectivity index (χ4v) is 6.68. The van der Waals surface area contributed by atoms with Crippen LogP contribution in [0.25, 0.3) is 6.08 Å². The highest BCUT2D eigenvalue weighted by atomic mass is 32.2. The number of pyridine rings is 1. The number of aromatic nitrogens is 3. The highest BCUT2D eigenvalue weighted by Crippen LogP contribution is 2.43. The largest absolute Gasteiger partial charge is 0.477 e. The molecular formula is C23H21N7O5S3. The van der Waals surface area contributed by atoms with Gasteiger partial charge in [-0.1, -0.05) is 29.1 Å². The summed E-state index contributed by atoms with van der Waals surface area (Å²) in [5, 5.41) is 17.8. The molecule has 15 heteroatoms. The molecule has 0 saturated carbocycles. The summed E-state index contributed by atoms with van der Waals surface area (Å²) in [7, 11) is 0. The molecule has 0 bridgehead atoms. The van der Waals surface area contributed by atoms with Crippen LogP contribution in [0.3, 0.4) is 0 Å². The summed E-state index contributed by atoms with van der Waals surface area (Å²) in [4.78, 5) is 53.6. The van der Waals surface area contributed by atoms with Crippen molar-refractivity contribution in [2.45, 2.75) is 30.4 Å². The average molecular weight is 572 g/mol. The third-order valence-electron chi connectivity index (χ3n) is 5.69. The van der Waals surface area contributed by atoms with Gasteiger partial charge in [-0.15, -0.1) is 11.8 Å². The van der Waals surface area contributed by atoms with Crippen LogP contribution in [-0.2, 0) is 19.2 Å². The summed E-state index contributed by atoms with van der Waals surface area (Å²) >= 11 is 3.49. The molecule has 0 aromatic carbocycles. The highest BCUT2D eigenvalue weighted by molar-refractivity contribution is 8.08. The Morgan fingerprint density at radius 2 is 2.26 bits per heavy atom. The molecule has 4 N–H and O–H groups in total. The van der Waals surface area contributed by atoms with Crippen LogP contribution in [0.15, 0.2) is 57.8 Å². The van der Waals surface area contributed by atoms with Crippen LogP contribution in [0, 0.1) is 0 Å². The van der Waals surface area contributed by atoms with E-state index in [1.54, 1.807) is 23.9 Å². The van der Waals surface area contributed by atoms with E-state index in [4.69, 9.17) is 10.6 Å². The van der Waals surface area contributed by atoms with E-state index < -0.39 is 29.2 Å². The van der Waals surface area contributed by atoms with Crippen molar-refractivity contribution in [3.05, 3.63) is 64.1 Å². The van der Waals surface area contributed by atoms with Crippen LogP contribution in [-0.4, -0.2) is 71.1 Å². The minimum atomic E-state index is -1.21. The Hall–Kier alpha value is -3.69. The Balaban J connectivity index is 1.30. The first kappa shape index (κ1) is 25.9. The molecule has 1 saturated heterocycles. The minimum absolute atomic E-state index is 0.0166. The first-order chi connectivity index (χ1) is 18.4. The molecule has 196 valence electrons. The molecule has 3 aliphatic rings. The van der Waals surface area contributed by atoms with Crippen LogP contribution in [0.2, 0.25) is 0 Å². The van der Waals surface area contributed by atoms with E-state index in [2.05, 4.69) is 24.8 Å². The zero-order valence-corrected chi connectivity index (χ0v) is 22.0. The Labute approximate surface area is 229 Å². The molecule has 12 nitrogen and oxygen atoms in total. The number of rotatable bonds is 9. The smallest absolute Gasteiger partial charge is 0.353 e. The molecule has 38 heavy (non-hydrogen) atoms. The number of anilines is 1. The molecule has 2 unspecified atom stereocenters. The summed E-state index contributed by atoms with van der Waals surface area (Å²) in [6.45, 7) is 0. The summed E-state index contributed by atoms with van der Waals surface area (Å²) in [5.74, 6) is -2.13. The van der Waals surface area contributed by atoms with Crippen LogP contribution in [0.1, 0.15) is 24.2 Å². The maximum Gasteiger partial charge on any atom is 0.353 e. The van der Waals surface area contributed by atoms with Crippen LogP contribution < -0.4 is 11.1 Å². The van der Waals surface area contributed by atoms with Gasteiger partial charge < -0.3 is 21.0 Å². The van der Waals surface area contributed by atoms with Crippen molar-refractivity contribution in [3.8, 4) is 0 Å². The van der Waals surface area contributed by atoms with Gasteiger partial charge in [0.25, 0.3) is 11.8 Å². The summed E-state index contributed by atoms with van der Waals surface area (Å²) in [5.41, 5.74) is 6.24. The van der Waals surface area contributed by atoms with Gasteiger partial charge in [0.2, 0.25) is 11.5 Å². The predicted molar refractivity (Wildman–Crippen MR) is 145 cm³/mol. The lowest BCUT2D eigenvalue weighted by Gasteiger charge is -2.49. The molecule has 5 rings (SSSR count). The number of aliphatic carboxylic acids is 1. The fraction of sp³-hybridized carbons (Fsp3) is 0.261. The van der Waals surface area contributed by atoms with Gasteiger partial charge in [-0.3, -0.25) is 19.5 Å². The monoisotopic (exact) mass is 571 g/mol. The summed E-state index contributed by atoms with van der Waals surface area (Å²) in [6.07, 6.45) is 10.2. The number of thioether (sulfide) groups is 2. The van der Waals surface area contributed by atoms with Crippen molar-refractivity contribution in [3.63, 3.8) is 0 Å². The van der Waals surface area contributed by atoms with E-state index in [-0.39, 0.29) is 28.5 Å². The number of carbonyl (C=O) groups is 3. The fourth-order valence-electron chi connectivity index (χ4n) is 3.89. The molecule has 2 aromatic rings. The number of allylic oxidation sites excluding steroid dienone is 1. The molecule has 0 spiro atoms. The third kappa shape index (κ3) is 5.44. The number of carboxylic acid groups (broad SMARTS) is 1. The van der Waals surface area contributed by atoms with Gasteiger partial charge in [0.15, 0.2) is 5.13 Å². The lowest BCUT2D eigenvalue weighted by atomic mass is 10.0. The van der Waals surface area contributed by atoms with Gasteiger partial charge >= 0.3 is 5.97 Å². The second kappa shape index (κ2) is 11.4. The zero-order chi connectivity index (χ0) is 26.6. The third-order valence-corrected chi connectivity index (χ3v) is 8.59. The molecule has 1 fully saturated rings. The van der Waals surface area contributed by atoms with Crippen molar-refractivity contribution in [2.24, 2.45) is 5.16 Å². The topological polar surface area (TPSA) is 173 Å². The molecule has 3 atom stereocenters. The predicted octanol–water partition coefficient (Wildman–Crippen LogP) is 2.05. The zero-order valence-electron chi connectivity index (χ0n) is 19.6. The van der Waals surface area contributed by atoms with E-state index in [0.29, 0.717) is 10.7 Å². The number of fused-ring (bicyclic) bond motifs is 1. The van der Waals surface area contributed by atoms with Crippen LogP contribution in [0.5, 0.6) is 0 Å².